The van der Waals surface area contributed by atoms with Crippen LogP contribution in [-0.2, 0) is 4.79 Å². The number of hydrogen-bond acceptors (Lipinski definition) is 2. The molecule has 0 radical (unpaired) electrons. The first-order chi connectivity index (χ1) is 7.64. The van der Waals surface area contributed by atoms with Crippen LogP contribution in [-0.4, -0.2) is 34.6 Å². The third kappa shape index (κ3) is 1.48. The molecule has 1 N–H and O–H groups in total. The molecule has 1 amide bonds. The van der Waals surface area contributed by atoms with Gasteiger partial charge in [-0.05, 0) is 31.1 Å². The molecule has 1 saturated heterocycles. The van der Waals surface area contributed by atoms with E-state index < -0.39 is 5.60 Å². The Balaban J connectivity index is 1.52. The van der Waals surface area contributed by atoms with E-state index in [2.05, 4.69) is 6.92 Å². The molecule has 3 aliphatic rings. The molecular formula is C13H21NO2. The highest BCUT2D eigenvalue weighted by Crippen LogP contribution is 2.58. The second kappa shape index (κ2) is 3.46. The summed E-state index contributed by atoms with van der Waals surface area (Å²) in [4.78, 5) is 14.0. The fraction of sp³-hybridized carbons (Fsp3) is 0.923. The second-order valence-electron chi connectivity index (χ2n) is 5.95. The molecule has 0 aromatic carbocycles. The predicted octanol–water partition coefficient (Wildman–Crippen LogP) is 1.41. The predicted molar refractivity (Wildman–Crippen MR) is 60.8 cm³/mol. The van der Waals surface area contributed by atoms with Gasteiger partial charge < -0.3 is 10.0 Å². The third-order valence-electron chi connectivity index (χ3n) is 4.69. The highest BCUT2D eigenvalue weighted by molar-refractivity contribution is 5.83. The first-order valence-electron chi connectivity index (χ1n) is 6.66. The van der Waals surface area contributed by atoms with Gasteiger partial charge in [-0.3, -0.25) is 4.79 Å². The molecule has 0 aromatic heterocycles. The maximum absolute atomic E-state index is 12.1. The van der Waals surface area contributed by atoms with E-state index in [0.717, 1.165) is 12.8 Å². The number of amides is 1. The van der Waals surface area contributed by atoms with Gasteiger partial charge in [0, 0.05) is 5.92 Å². The summed E-state index contributed by atoms with van der Waals surface area (Å²) < 4.78 is 0. The van der Waals surface area contributed by atoms with Crippen LogP contribution >= 0.6 is 0 Å². The molecule has 16 heavy (non-hydrogen) atoms. The minimum atomic E-state index is -0.561. The number of hydrogen-bond donors (Lipinski definition) is 1. The van der Waals surface area contributed by atoms with Crippen LogP contribution in [0.25, 0.3) is 0 Å². The minimum absolute atomic E-state index is 0.329. The number of likely N-dealkylation sites (tertiary alicyclic amines) is 1. The molecule has 1 aliphatic heterocycles. The molecule has 3 rings (SSSR count). The van der Waals surface area contributed by atoms with Crippen molar-refractivity contribution in [2.24, 2.45) is 17.8 Å². The van der Waals surface area contributed by atoms with E-state index in [0.29, 0.717) is 36.8 Å². The zero-order valence-corrected chi connectivity index (χ0v) is 9.98. The van der Waals surface area contributed by atoms with Crippen molar-refractivity contribution in [1.82, 2.24) is 4.90 Å². The van der Waals surface area contributed by atoms with Gasteiger partial charge in [0.1, 0.15) is 0 Å². The number of aliphatic hydroxyl groups is 1. The molecule has 2 atom stereocenters. The van der Waals surface area contributed by atoms with Crippen LogP contribution in [0.15, 0.2) is 0 Å². The van der Waals surface area contributed by atoms with E-state index in [1.165, 1.54) is 19.3 Å². The van der Waals surface area contributed by atoms with Crippen molar-refractivity contribution in [3.8, 4) is 0 Å². The van der Waals surface area contributed by atoms with Gasteiger partial charge in [-0.15, -0.1) is 0 Å². The monoisotopic (exact) mass is 223 g/mol. The lowest BCUT2D eigenvalue weighted by Crippen LogP contribution is -2.63. The molecule has 2 aliphatic carbocycles. The number of carbonyl (C=O) groups excluding carboxylic acids is 1. The van der Waals surface area contributed by atoms with Crippen LogP contribution in [0.1, 0.15) is 39.0 Å². The number of carbonyl (C=O) groups is 1. The maximum Gasteiger partial charge on any atom is 0.226 e. The van der Waals surface area contributed by atoms with E-state index in [9.17, 15) is 9.90 Å². The highest BCUT2D eigenvalue weighted by Gasteiger charge is 2.59. The van der Waals surface area contributed by atoms with Crippen molar-refractivity contribution in [3.05, 3.63) is 0 Å². The number of fused-ring (bicyclic) bond motifs is 1. The Kier molecular flexibility index (Phi) is 2.29. The fourth-order valence-corrected chi connectivity index (χ4v) is 3.84. The van der Waals surface area contributed by atoms with Crippen LogP contribution in [0.4, 0.5) is 0 Å². The van der Waals surface area contributed by atoms with Crippen LogP contribution in [0, 0.1) is 17.8 Å². The standard InChI is InChI=1S/C13H21NO2/c1-2-6-13(16)7-14(8-13)12(15)11-9-4-3-5-10(9)11/h9-11,16H,2-8H2,1H3. The molecule has 2 saturated carbocycles. The van der Waals surface area contributed by atoms with Crippen molar-refractivity contribution >= 4 is 5.91 Å². The van der Waals surface area contributed by atoms with Gasteiger partial charge in [-0.1, -0.05) is 19.8 Å². The van der Waals surface area contributed by atoms with Crippen molar-refractivity contribution < 1.29 is 9.90 Å². The van der Waals surface area contributed by atoms with Crippen LogP contribution in [0.3, 0.4) is 0 Å². The Morgan fingerprint density at radius 1 is 1.38 bits per heavy atom. The van der Waals surface area contributed by atoms with Crippen LogP contribution in [0.2, 0.25) is 0 Å². The average molecular weight is 223 g/mol. The smallest absolute Gasteiger partial charge is 0.226 e. The van der Waals surface area contributed by atoms with Crippen LogP contribution < -0.4 is 0 Å². The van der Waals surface area contributed by atoms with Gasteiger partial charge in [0.05, 0.1) is 18.7 Å². The first kappa shape index (κ1) is 10.6. The molecule has 0 bridgehead atoms. The maximum atomic E-state index is 12.1. The molecule has 3 heteroatoms. The summed E-state index contributed by atoms with van der Waals surface area (Å²) in [5, 5.41) is 10.0. The molecule has 3 fully saturated rings. The fourth-order valence-electron chi connectivity index (χ4n) is 3.84. The number of nitrogens with zero attached hydrogens (tertiary/aromatic N) is 1. The Labute approximate surface area is 96.8 Å². The summed E-state index contributed by atoms with van der Waals surface area (Å²) >= 11 is 0. The molecule has 2 unspecified atom stereocenters. The summed E-state index contributed by atoms with van der Waals surface area (Å²) in [6, 6.07) is 0. The lowest BCUT2D eigenvalue weighted by atomic mass is 9.88. The van der Waals surface area contributed by atoms with E-state index in [1.54, 1.807) is 0 Å². The summed E-state index contributed by atoms with van der Waals surface area (Å²) in [5.74, 6) is 2.06. The average Bonchev–Trinajstić information content (AvgIpc) is 2.67. The largest absolute Gasteiger partial charge is 0.386 e. The quantitative estimate of drug-likeness (QED) is 0.786. The minimum Gasteiger partial charge on any atom is -0.386 e. The van der Waals surface area contributed by atoms with Crippen molar-refractivity contribution in [3.63, 3.8) is 0 Å². The summed E-state index contributed by atoms with van der Waals surface area (Å²) in [5.41, 5.74) is -0.561. The normalized spacial score (nSPS) is 39.1. The van der Waals surface area contributed by atoms with E-state index in [1.807, 2.05) is 4.90 Å². The summed E-state index contributed by atoms with van der Waals surface area (Å²) in [6.45, 7) is 3.24. The molecule has 3 nitrogen and oxygen atoms in total. The molecule has 90 valence electrons. The Morgan fingerprint density at radius 3 is 2.56 bits per heavy atom. The van der Waals surface area contributed by atoms with Crippen molar-refractivity contribution in [2.45, 2.75) is 44.6 Å². The van der Waals surface area contributed by atoms with Gasteiger partial charge >= 0.3 is 0 Å². The van der Waals surface area contributed by atoms with Gasteiger partial charge in [0.25, 0.3) is 0 Å². The molecule has 0 aromatic rings. The lowest BCUT2D eigenvalue weighted by Gasteiger charge is -2.47. The van der Waals surface area contributed by atoms with Crippen molar-refractivity contribution in [1.29, 1.82) is 0 Å². The Morgan fingerprint density at radius 2 is 2.00 bits per heavy atom. The highest BCUT2D eigenvalue weighted by atomic mass is 16.3. The summed E-state index contributed by atoms with van der Waals surface area (Å²) in [6.07, 6.45) is 5.66. The van der Waals surface area contributed by atoms with Gasteiger partial charge in [-0.2, -0.15) is 0 Å². The molecule has 0 spiro atoms. The van der Waals surface area contributed by atoms with E-state index >= 15 is 0 Å². The van der Waals surface area contributed by atoms with Crippen molar-refractivity contribution in [2.75, 3.05) is 13.1 Å². The van der Waals surface area contributed by atoms with Gasteiger partial charge in [0.15, 0.2) is 0 Å². The van der Waals surface area contributed by atoms with Crippen LogP contribution in [0.5, 0.6) is 0 Å². The zero-order valence-electron chi connectivity index (χ0n) is 9.98. The van der Waals surface area contributed by atoms with E-state index in [4.69, 9.17) is 0 Å². The number of β-amino-alcohol motifs (C(OH)–C–C–N with tert-alkyl or cyclic N) is 1. The van der Waals surface area contributed by atoms with Gasteiger partial charge in [-0.25, -0.2) is 0 Å². The lowest BCUT2D eigenvalue weighted by molar-refractivity contribution is -0.158. The van der Waals surface area contributed by atoms with E-state index in [-0.39, 0.29) is 0 Å². The molecule has 1 heterocycles. The first-order valence-corrected chi connectivity index (χ1v) is 6.66. The SMILES string of the molecule is CCCC1(O)CN(C(=O)C2C3CCCC32)C1. The second-order valence-corrected chi connectivity index (χ2v) is 5.95. The molecular weight excluding hydrogens is 202 g/mol. The Hall–Kier alpha value is -0.570. The number of rotatable bonds is 3. The Bertz CT molecular complexity index is 299. The summed E-state index contributed by atoms with van der Waals surface area (Å²) in [7, 11) is 0. The third-order valence-corrected chi connectivity index (χ3v) is 4.69. The van der Waals surface area contributed by atoms with Gasteiger partial charge in [0.2, 0.25) is 5.91 Å². The zero-order chi connectivity index (χ0) is 11.3. The topological polar surface area (TPSA) is 40.5 Å².